The first-order chi connectivity index (χ1) is 11.2. The van der Waals surface area contributed by atoms with Crippen molar-refractivity contribution in [2.45, 2.75) is 32.4 Å². The van der Waals surface area contributed by atoms with Crippen molar-refractivity contribution < 1.29 is 9.90 Å². The average molecular weight is 313 g/mol. The van der Waals surface area contributed by atoms with E-state index >= 15 is 0 Å². The maximum absolute atomic E-state index is 11.8. The molecule has 0 bridgehead atoms. The minimum Gasteiger partial charge on any atom is -0.396 e. The van der Waals surface area contributed by atoms with Crippen LogP contribution in [0.5, 0.6) is 0 Å². The van der Waals surface area contributed by atoms with Gasteiger partial charge in [-0.2, -0.15) is 0 Å². The number of aliphatic hydroxyl groups excluding tert-OH is 1. The highest BCUT2D eigenvalue weighted by Gasteiger charge is 2.06. The summed E-state index contributed by atoms with van der Waals surface area (Å²) >= 11 is 0. The fourth-order valence-corrected chi connectivity index (χ4v) is 2.28. The molecule has 0 radical (unpaired) electrons. The molecule has 1 unspecified atom stereocenters. The SMILES string of the molecule is CC(CCCO)NC(=O)NCc1ccc(-c2cccnc2)cc1. The van der Waals surface area contributed by atoms with Crippen molar-refractivity contribution in [3.05, 3.63) is 54.4 Å². The van der Waals surface area contributed by atoms with Gasteiger partial charge >= 0.3 is 6.03 Å². The van der Waals surface area contributed by atoms with E-state index in [9.17, 15) is 4.79 Å². The molecule has 0 saturated carbocycles. The molecule has 1 aromatic heterocycles. The number of benzene rings is 1. The number of rotatable bonds is 7. The quantitative estimate of drug-likeness (QED) is 0.736. The van der Waals surface area contributed by atoms with Crippen LogP contribution in [0.3, 0.4) is 0 Å². The molecule has 1 aromatic carbocycles. The highest BCUT2D eigenvalue weighted by Crippen LogP contribution is 2.18. The number of aromatic nitrogens is 1. The van der Waals surface area contributed by atoms with E-state index in [1.54, 1.807) is 6.20 Å². The molecule has 5 nitrogen and oxygen atoms in total. The van der Waals surface area contributed by atoms with E-state index in [-0.39, 0.29) is 18.7 Å². The Morgan fingerprint density at radius 2 is 2.00 bits per heavy atom. The smallest absolute Gasteiger partial charge is 0.315 e. The second-order valence-corrected chi connectivity index (χ2v) is 5.53. The Labute approximate surface area is 136 Å². The summed E-state index contributed by atoms with van der Waals surface area (Å²) < 4.78 is 0. The van der Waals surface area contributed by atoms with Crippen molar-refractivity contribution in [2.24, 2.45) is 0 Å². The summed E-state index contributed by atoms with van der Waals surface area (Å²) in [6.07, 6.45) is 5.04. The lowest BCUT2D eigenvalue weighted by Gasteiger charge is -2.14. The molecule has 3 N–H and O–H groups in total. The van der Waals surface area contributed by atoms with Gasteiger partial charge in [0.15, 0.2) is 0 Å². The number of nitrogens with one attached hydrogen (secondary N) is 2. The maximum atomic E-state index is 11.8. The van der Waals surface area contributed by atoms with Gasteiger partial charge in [-0.1, -0.05) is 30.3 Å². The zero-order valence-corrected chi connectivity index (χ0v) is 13.3. The van der Waals surface area contributed by atoms with Crippen LogP contribution in [0.25, 0.3) is 11.1 Å². The first-order valence-corrected chi connectivity index (χ1v) is 7.83. The summed E-state index contributed by atoms with van der Waals surface area (Å²) in [6.45, 7) is 2.56. The van der Waals surface area contributed by atoms with E-state index in [1.165, 1.54) is 0 Å². The van der Waals surface area contributed by atoms with Crippen molar-refractivity contribution in [3.8, 4) is 11.1 Å². The number of carbonyl (C=O) groups is 1. The number of nitrogens with zero attached hydrogens (tertiary/aromatic N) is 1. The maximum Gasteiger partial charge on any atom is 0.315 e. The molecule has 1 atom stereocenters. The molecule has 5 heteroatoms. The van der Waals surface area contributed by atoms with Crippen LogP contribution >= 0.6 is 0 Å². The second kappa shape index (κ2) is 8.90. The summed E-state index contributed by atoms with van der Waals surface area (Å²) in [5, 5.41) is 14.5. The highest BCUT2D eigenvalue weighted by atomic mass is 16.3. The van der Waals surface area contributed by atoms with Crippen LogP contribution in [0.15, 0.2) is 48.8 Å². The summed E-state index contributed by atoms with van der Waals surface area (Å²) in [7, 11) is 0. The Hall–Kier alpha value is -2.40. The Morgan fingerprint density at radius 1 is 1.22 bits per heavy atom. The van der Waals surface area contributed by atoms with E-state index < -0.39 is 0 Å². The molecule has 2 aromatic rings. The number of urea groups is 1. The van der Waals surface area contributed by atoms with Crippen molar-refractivity contribution in [1.29, 1.82) is 0 Å². The zero-order chi connectivity index (χ0) is 16.5. The molecule has 0 spiro atoms. The lowest BCUT2D eigenvalue weighted by Crippen LogP contribution is -2.40. The topological polar surface area (TPSA) is 74.2 Å². The third-order valence-corrected chi connectivity index (χ3v) is 3.57. The number of carbonyl (C=O) groups excluding carboxylic acids is 1. The third-order valence-electron chi connectivity index (χ3n) is 3.57. The van der Waals surface area contributed by atoms with Crippen molar-refractivity contribution in [1.82, 2.24) is 15.6 Å². The fraction of sp³-hybridized carbons (Fsp3) is 0.333. The predicted molar refractivity (Wildman–Crippen MR) is 90.8 cm³/mol. The fourth-order valence-electron chi connectivity index (χ4n) is 2.28. The molecule has 1 heterocycles. The number of amides is 2. The molecule has 0 aliphatic heterocycles. The van der Waals surface area contributed by atoms with Gasteiger partial charge in [0.1, 0.15) is 0 Å². The Bertz CT molecular complexity index is 599. The highest BCUT2D eigenvalue weighted by molar-refractivity contribution is 5.74. The van der Waals surface area contributed by atoms with Gasteiger partial charge in [0, 0.05) is 31.6 Å². The molecule has 0 aliphatic rings. The van der Waals surface area contributed by atoms with Gasteiger partial charge in [0.05, 0.1) is 0 Å². The summed E-state index contributed by atoms with van der Waals surface area (Å²) in [5.41, 5.74) is 3.21. The zero-order valence-electron chi connectivity index (χ0n) is 13.3. The van der Waals surface area contributed by atoms with Crippen molar-refractivity contribution in [3.63, 3.8) is 0 Å². The van der Waals surface area contributed by atoms with Crippen LogP contribution < -0.4 is 10.6 Å². The first-order valence-electron chi connectivity index (χ1n) is 7.83. The summed E-state index contributed by atoms with van der Waals surface area (Å²) in [4.78, 5) is 15.9. The largest absolute Gasteiger partial charge is 0.396 e. The van der Waals surface area contributed by atoms with Gasteiger partial charge in [-0.3, -0.25) is 4.98 Å². The molecular weight excluding hydrogens is 290 g/mol. The van der Waals surface area contributed by atoms with Crippen LogP contribution in [0.4, 0.5) is 4.79 Å². The predicted octanol–water partition coefficient (Wildman–Crippen LogP) is 2.71. The number of aliphatic hydroxyl groups is 1. The van der Waals surface area contributed by atoms with Gasteiger partial charge < -0.3 is 15.7 Å². The second-order valence-electron chi connectivity index (χ2n) is 5.53. The van der Waals surface area contributed by atoms with E-state index in [1.807, 2.05) is 49.5 Å². The normalized spacial score (nSPS) is 11.7. The first kappa shape index (κ1) is 17.0. The molecule has 2 amide bonds. The molecule has 23 heavy (non-hydrogen) atoms. The minimum atomic E-state index is -0.188. The van der Waals surface area contributed by atoms with Crippen molar-refractivity contribution in [2.75, 3.05) is 6.61 Å². The molecule has 0 fully saturated rings. The minimum absolute atomic E-state index is 0.0510. The number of pyridine rings is 1. The molecular formula is C18H23N3O2. The molecule has 2 rings (SSSR count). The number of hydrogen-bond donors (Lipinski definition) is 3. The van der Waals surface area contributed by atoms with Gasteiger partial charge in [-0.05, 0) is 42.5 Å². The summed E-state index contributed by atoms with van der Waals surface area (Å²) in [6, 6.07) is 11.8. The van der Waals surface area contributed by atoms with Crippen LogP contribution in [-0.4, -0.2) is 28.8 Å². The van der Waals surface area contributed by atoms with Gasteiger partial charge in [-0.25, -0.2) is 4.79 Å². The lowest BCUT2D eigenvalue weighted by atomic mass is 10.1. The number of hydrogen-bond acceptors (Lipinski definition) is 3. The Morgan fingerprint density at radius 3 is 2.65 bits per heavy atom. The van der Waals surface area contributed by atoms with Gasteiger partial charge in [0.25, 0.3) is 0 Å². The van der Waals surface area contributed by atoms with Crippen LogP contribution in [-0.2, 0) is 6.54 Å². The average Bonchev–Trinajstić information content (AvgIpc) is 2.59. The van der Waals surface area contributed by atoms with E-state index in [4.69, 9.17) is 5.11 Å². The monoisotopic (exact) mass is 313 g/mol. The van der Waals surface area contributed by atoms with E-state index in [0.29, 0.717) is 13.0 Å². The van der Waals surface area contributed by atoms with Crippen LogP contribution in [0.2, 0.25) is 0 Å². The third kappa shape index (κ3) is 5.71. The Kier molecular flexibility index (Phi) is 6.56. The van der Waals surface area contributed by atoms with E-state index in [0.717, 1.165) is 23.1 Å². The van der Waals surface area contributed by atoms with E-state index in [2.05, 4.69) is 15.6 Å². The van der Waals surface area contributed by atoms with Crippen LogP contribution in [0.1, 0.15) is 25.3 Å². The molecule has 122 valence electrons. The molecule has 0 aliphatic carbocycles. The van der Waals surface area contributed by atoms with Gasteiger partial charge in [-0.15, -0.1) is 0 Å². The lowest BCUT2D eigenvalue weighted by molar-refractivity contribution is 0.234. The van der Waals surface area contributed by atoms with Crippen LogP contribution in [0, 0.1) is 0 Å². The summed E-state index contributed by atoms with van der Waals surface area (Å²) in [5.74, 6) is 0. The van der Waals surface area contributed by atoms with Crippen molar-refractivity contribution >= 4 is 6.03 Å². The Balaban J connectivity index is 1.81. The molecule has 0 saturated heterocycles. The van der Waals surface area contributed by atoms with Gasteiger partial charge in [0.2, 0.25) is 0 Å². The standard InChI is InChI=1S/C18H23N3O2/c1-14(4-3-11-22)21-18(23)20-12-15-6-8-16(9-7-15)17-5-2-10-19-13-17/h2,5-10,13-14,22H,3-4,11-12H2,1H3,(H2,20,21,23).